The maximum Gasteiger partial charge on any atom is 0.265 e. The van der Waals surface area contributed by atoms with E-state index >= 15 is 0 Å². The monoisotopic (exact) mass is 258 g/mol. The number of nitrogens with zero attached hydrogens (tertiary/aromatic N) is 1. The standard InChI is InChI=1S/C13H20F2N2O/c1-9(2)17(6-3-7-18)12-5-4-10(16)8-11(12)13(14)15/h4-5,8-9,13,18H,3,6-7,16H2,1-2H3. The highest BCUT2D eigenvalue weighted by Crippen LogP contribution is 2.32. The van der Waals surface area contributed by atoms with Crippen molar-refractivity contribution in [1.29, 1.82) is 0 Å². The van der Waals surface area contributed by atoms with Crippen molar-refractivity contribution in [2.24, 2.45) is 0 Å². The van der Waals surface area contributed by atoms with Crippen LogP contribution in [0.4, 0.5) is 20.2 Å². The Bertz CT molecular complexity index is 383. The molecule has 0 saturated carbocycles. The summed E-state index contributed by atoms with van der Waals surface area (Å²) in [6.45, 7) is 4.45. The van der Waals surface area contributed by atoms with Gasteiger partial charge in [-0.15, -0.1) is 0 Å². The van der Waals surface area contributed by atoms with Gasteiger partial charge in [-0.05, 0) is 38.5 Å². The summed E-state index contributed by atoms with van der Waals surface area (Å²) in [5.41, 5.74) is 6.32. The van der Waals surface area contributed by atoms with Crippen LogP contribution < -0.4 is 10.6 Å². The molecule has 0 unspecified atom stereocenters. The summed E-state index contributed by atoms with van der Waals surface area (Å²) >= 11 is 0. The molecule has 3 nitrogen and oxygen atoms in total. The van der Waals surface area contributed by atoms with E-state index in [4.69, 9.17) is 10.8 Å². The molecule has 0 fully saturated rings. The van der Waals surface area contributed by atoms with Gasteiger partial charge in [0.25, 0.3) is 6.43 Å². The van der Waals surface area contributed by atoms with Crippen molar-refractivity contribution in [3.63, 3.8) is 0 Å². The zero-order valence-corrected chi connectivity index (χ0v) is 10.7. The molecule has 3 N–H and O–H groups in total. The van der Waals surface area contributed by atoms with Gasteiger partial charge in [-0.1, -0.05) is 0 Å². The molecule has 1 rings (SSSR count). The second-order valence-corrected chi connectivity index (χ2v) is 4.48. The number of anilines is 2. The van der Waals surface area contributed by atoms with E-state index in [1.54, 1.807) is 12.1 Å². The first-order valence-electron chi connectivity index (χ1n) is 6.02. The third kappa shape index (κ3) is 3.57. The number of hydrogen-bond acceptors (Lipinski definition) is 3. The van der Waals surface area contributed by atoms with Crippen molar-refractivity contribution in [1.82, 2.24) is 0 Å². The van der Waals surface area contributed by atoms with E-state index in [2.05, 4.69) is 0 Å². The lowest BCUT2D eigenvalue weighted by Gasteiger charge is -2.31. The maximum atomic E-state index is 13.0. The van der Waals surface area contributed by atoms with Gasteiger partial charge in [-0.3, -0.25) is 0 Å². The highest BCUT2D eigenvalue weighted by atomic mass is 19.3. The molecule has 1 aromatic carbocycles. The van der Waals surface area contributed by atoms with E-state index in [-0.39, 0.29) is 18.2 Å². The van der Waals surface area contributed by atoms with Crippen molar-refractivity contribution >= 4 is 11.4 Å². The fourth-order valence-electron chi connectivity index (χ4n) is 1.91. The largest absolute Gasteiger partial charge is 0.399 e. The normalized spacial score (nSPS) is 11.3. The molecule has 0 saturated heterocycles. The average Bonchev–Trinajstić information content (AvgIpc) is 2.30. The van der Waals surface area contributed by atoms with Crippen LogP contribution in [0.15, 0.2) is 18.2 Å². The number of benzene rings is 1. The van der Waals surface area contributed by atoms with Gasteiger partial charge >= 0.3 is 0 Å². The average molecular weight is 258 g/mol. The van der Waals surface area contributed by atoms with Gasteiger partial charge in [0, 0.05) is 36.1 Å². The van der Waals surface area contributed by atoms with Crippen molar-refractivity contribution in [2.75, 3.05) is 23.8 Å². The smallest absolute Gasteiger partial charge is 0.265 e. The van der Waals surface area contributed by atoms with Crippen molar-refractivity contribution in [3.8, 4) is 0 Å². The highest BCUT2D eigenvalue weighted by molar-refractivity contribution is 5.60. The predicted molar refractivity (Wildman–Crippen MR) is 70.0 cm³/mol. The van der Waals surface area contributed by atoms with Crippen LogP contribution in [0, 0.1) is 0 Å². The van der Waals surface area contributed by atoms with Crippen LogP contribution >= 0.6 is 0 Å². The molecule has 102 valence electrons. The lowest BCUT2D eigenvalue weighted by molar-refractivity contribution is 0.151. The van der Waals surface area contributed by atoms with Crippen LogP contribution in [0.1, 0.15) is 32.3 Å². The first-order chi connectivity index (χ1) is 8.47. The minimum Gasteiger partial charge on any atom is -0.399 e. The summed E-state index contributed by atoms with van der Waals surface area (Å²) in [6, 6.07) is 4.63. The molecule has 5 heteroatoms. The molecule has 18 heavy (non-hydrogen) atoms. The van der Waals surface area contributed by atoms with Crippen LogP contribution in [-0.4, -0.2) is 24.3 Å². The minimum atomic E-state index is -2.56. The van der Waals surface area contributed by atoms with Crippen LogP contribution in [0.5, 0.6) is 0 Å². The van der Waals surface area contributed by atoms with Crippen molar-refractivity contribution in [2.45, 2.75) is 32.7 Å². The molecule has 0 radical (unpaired) electrons. The topological polar surface area (TPSA) is 49.5 Å². The Morgan fingerprint density at radius 2 is 2.00 bits per heavy atom. The van der Waals surface area contributed by atoms with Crippen LogP contribution in [-0.2, 0) is 0 Å². The number of alkyl halides is 2. The number of nitrogen functional groups attached to an aromatic ring is 1. The summed E-state index contributed by atoms with van der Waals surface area (Å²) in [4.78, 5) is 1.86. The third-order valence-electron chi connectivity index (χ3n) is 2.78. The van der Waals surface area contributed by atoms with Gasteiger partial charge in [-0.2, -0.15) is 0 Å². The molecular formula is C13H20F2N2O. The Morgan fingerprint density at radius 1 is 1.33 bits per heavy atom. The van der Waals surface area contributed by atoms with E-state index < -0.39 is 6.43 Å². The molecule has 0 spiro atoms. The number of halogens is 2. The van der Waals surface area contributed by atoms with E-state index in [1.165, 1.54) is 6.07 Å². The number of aliphatic hydroxyl groups is 1. The molecule has 0 aliphatic heterocycles. The Labute approximate surface area is 106 Å². The predicted octanol–water partition coefficient (Wildman–Crippen LogP) is 2.80. The van der Waals surface area contributed by atoms with Crippen LogP contribution in [0.2, 0.25) is 0 Å². The molecule has 0 amide bonds. The third-order valence-corrected chi connectivity index (χ3v) is 2.78. The molecule has 0 aromatic heterocycles. The Balaban J connectivity index is 3.10. The van der Waals surface area contributed by atoms with Gasteiger partial charge in [0.05, 0.1) is 0 Å². The summed E-state index contributed by atoms with van der Waals surface area (Å²) in [5, 5.41) is 8.87. The van der Waals surface area contributed by atoms with Crippen molar-refractivity contribution < 1.29 is 13.9 Å². The summed E-state index contributed by atoms with van der Waals surface area (Å²) in [6.07, 6.45) is -2.01. The van der Waals surface area contributed by atoms with Gasteiger partial charge in [-0.25, -0.2) is 8.78 Å². The molecule has 0 bridgehead atoms. The minimum absolute atomic E-state index is 0.0439. The van der Waals surface area contributed by atoms with Crippen molar-refractivity contribution in [3.05, 3.63) is 23.8 Å². The maximum absolute atomic E-state index is 13.0. The van der Waals surface area contributed by atoms with E-state index in [1.807, 2.05) is 18.7 Å². The fraction of sp³-hybridized carbons (Fsp3) is 0.538. The van der Waals surface area contributed by atoms with Gasteiger partial charge in [0.15, 0.2) is 0 Å². The molecule has 0 atom stereocenters. The molecule has 0 heterocycles. The molecule has 0 aliphatic rings. The SMILES string of the molecule is CC(C)N(CCCO)c1ccc(N)cc1C(F)F. The van der Waals surface area contributed by atoms with Gasteiger partial charge < -0.3 is 15.7 Å². The first kappa shape index (κ1) is 14.7. The van der Waals surface area contributed by atoms with Crippen LogP contribution in [0.3, 0.4) is 0 Å². The zero-order valence-electron chi connectivity index (χ0n) is 10.7. The Kier molecular flexibility index (Phi) is 5.34. The van der Waals surface area contributed by atoms with E-state index in [0.717, 1.165) is 0 Å². The Hall–Kier alpha value is -1.36. The van der Waals surface area contributed by atoms with Gasteiger partial charge in [0.2, 0.25) is 0 Å². The fourth-order valence-corrected chi connectivity index (χ4v) is 1.91. The second kappa shape index (κ2) is 6.54. The Morgan fingerprint density at radius 3 is 2.50 bits per heavy atom. The molecule has 0 aliphatic carbocycles. The summed E-state index contributed by atoms with van der Waals surface area (Å²) in [7, 11) is 0. The summed E-state index contributed by atoms with van der Waals surface area (Å²) in [5.74, 6) is 0. The zero-order chi connectivity index (χ0) is 13.7. The molecule has 1 aromatic rings. The van der Waals surface area contributed by atoms with E-state index in [0.29, 0.717) is 24.3 Å². The van der Waals surface area contributed by atoms with Gasteiger partial charge in [0.1, 0.15) is 0 Å². The first-order valence-corrected chi connectivity index (χ1v) is 6.02. The number of nitrogens with two attached hydrogens (primary N) is 1. The lowest BCUT2D eigenvalue weighted by Crippen LogP contribution is -2.33. The number of rotatable bonds is 6. The quantitative estimate of drug-likeness (QED) is 0.771. The second-order valence-electron chi connectivity index (χ2n) is 4.48. The summed E-state index contributed by atoms with van der Waals surface area (Å²) < 4.78 is 26.0. The molecular weight excluding hydrogens is 238 g/mol. The highest BCUT2D eigenvalue weighted by Gasteiger charge is 2.19. The van der Waals surface area contributed by atoms with E-state index in [9.17, 15) is 8.78 Å². The lowest BCUT2D eigenvalue weighted by atomic mass is 10.1. The number of hydrogen-bond donors (Lipinski definition) is 2. The number of aliphatic hydroxyl groups excluding tert-OH is 1. The van der Waals surface area contributed by atoms with Crippen LogP contribution in [0.25, 0.3) is 0 Å².